The van der Waals surface area contributed by atoms with Crippen molar-refractivity contribution in [3.63, 3.8) is 0 Å². The van der Waals surface area contributed by atoms with Crippen LogP contribution < -0.4 is 5.73 Å². The number of aromatic nitrogens is 1. The molecule has 0 unspecified atom stereocenters. The molecular formula is C23H30N2O. The minimum Gasteiger partial charge on any atom is -0.394 e. The number of benzene rings is 1. The average molecular weight is 351 g/mol. The van der Waals surface area contributed by atoms with Gasteiger partial charge in [0.2, 0.25) is 0 Å². The van der Waals surface area contributed by atoms with Gasteiger partial charge >= 0.3 is 0 Å². The van der Waals surface area contributed by atoms with Crippen LogP contribution in [0.15, 0.2) is 42.6 Å². The van der Waals surface area contributed by atoms with Crippen molar-refractivity contribution in [1.82, 2.24) is 4.98 Å². The lowest BCUT2D eigenvalue weighted by atomic mass is 9.79. The Morgan fingerprint density at radius 3 is 2.85 bits per heavy atom. The van der Waals surface area contributed by atoms with Crippen LogP contribution in [0, 0.1) is 5.92 Å². The molecule has 0 aliphatic heterocycles. The zero-order chi connectivity index (χ0) is 18.0. The van der Waals surface area contributed by atoms with E-state index >= 15 is 0 Å². The highest BCUT2D eigenvalue weighted by atomic mass is 16.3. The van der Waals surface area contributed by atoms with Gasteiger partial charge < -0.3 is 10.8 Å². The third-order valence-corrected chi connectivity index (χ3v) is 6.53. The Morgan fingerprint density at radius 2 is 2.08 bits per heavy atom. The number of hydrogen-bond donors (Lipinski definition) is 2. The number of hydrogen-bond acceptors (Lipinski definition) is 3. The molecule has 0 radical (unpaired) electrons. The fourth-order valence-electron chi connectivity index (χ4n) is 4.83. The second-order valence-corrected chi connectivity index (χ2v) is 8.46. The van der Waals surface area contributed by atoms with E-state index in [4.69, 9.17) is 5.73 Å². The molecular weight excluding hydrogens is 320 g/mol. The molecule has 138 valence electrons. The van der Waals surface area contributed by atoms with E-state index in [1.54, 1.807) is 0 Å². The van der Waals surface area contributed by atoms with E-state index in [1.807, 2.05) is 12.3 Å². The van der Waals surface area contributed by atoms with E-state index in [9.17, 15) is 5.11 Å². The van der Waals surface area contributed by atoms with E-state index in [2.05, 4.69) is 35.3 Å². The van der Waals surface area contributed by atoms with Crippen molar-refractivity contribution in [2.45, 2.75) is 62.8 Å². The molecule has 1 aromatic heterocycles. The quantitative estimate of drug-likeness (QED) is 0.863. The lowest BCUT2D eigenvalue weighted by Crippen LogP contribution is -2.40. The smallest absolute Gasteiger partial charge is 0.0611 e. The minimum absolute atomic E-state index is 0.104. The molecule has 0 bridgehead atoms. The molecule has 1 heterocycles. The van der Waals surface area contributed by atoms with Crippen LogP contribution in [-0.4, -0.2) is 22.2 Å². The number of rotatable bonds is 5. The Labute approximate surface area is 156 Å². The van der Waals surface area contributed by atoms with Gasteiger partial charge in [-0.25, -0.2) is 0 Å². The number of pyridine rings is 1. The first-order valence-corrected chi connectivity index (χ1v) is 10.1. The summed E-state index contributed by atoms with van der Waals surface area (Å²) < 4.78 is 0. The predicted molar refractivity (Wildman–Crippen MR) is 105 cm³/mol. The first-order valence-electron chi connectivity index (χ1n) is 10.1. The number of nitrogens with two attached hydrogens (primary N) is 1. The van der Waals surface area contributed by atoms with Gasteiger partial charge in [-0.05, 0) is 92.0 Å². The van der Waals surface area contributed by atoms with Crippen molar-refractivity contribution in [2.24, 2.45) is 11.7 Å². The maximum Gasteiger partial charge on any atom is 0.0611 e. The van der Waals surface area contributed by atoms with Crippen LogP contribution in [0.4, 0.5) is 0 Å². The van der Waals surface area contributed by atoms with Gasteiger partial charge in [0.15, 0.2) is 0 Å². The fourth-order valence-corrected chi connectivity index (χ4v) is 4.83. The summed E-state index contributed by atoms with van der Waals surface area (Å²) in [5.41, 5.74) is 11.6. The average Bonchev–Trinajstić information content (AvgIpc) is 3.09. The third kappa shape index (κ3) is 3.84. The Kier molecular flexibility index (Phi) is 5.10. The summed E-state index contributed by atoms with van der Waals surface area (Å²) >= 11 is 0. The molecule has 3 atom stereocenters. The van der Waals surface area contributed by atoms with Gasteiger partial charge in [-0.3, -0.25) is 4.98 Å². The van der Waals surface area contributed by atoms with Gasteiger partial charge in [0.05, 0.1) is 6.61 Å². The summed E-state index contributed by atoms with van der Waals surface area (Å²) in [4.78, 5) is 4.45. The summed E-state index contributed by atoms with van der Waals surface area (Å²) in [6, 6.07) is 13.3. The number of aliphatic hydroxyl groups excluding tert-OH is 1. The van der Waals surface area contributed by atoms with Crippen molar-refractivity contribution < 1.29 is 5.11 Å². The Hall–Kier alpha value is -1.71. The zero-order valence-electron chi connectivity index (χ0n) is 15.5. The van der Waals surface area contributed by atoms with Crippen LogP contribution in [-0.2, 0) is 19.3 Å². The molecule has 1 saturated carbocycles. The van der Waals surface area contributed by atoms with Gasteiger partial charge in [0.1, 0.15) is 0 Å². The highest BCUT2D eigenvalue weighted by Crippen LogP contribution is 2.40. The molecule has 3 N–H and O–H groups in total. The van der Waals surface area contributed by atoms with Crippen LogP contribution in [0.3, 0.4) is 0 Å². The van der Waals surface area contributed by atoms with Crippen LogP contribution in [0.2, 0.25) is 0 Å². The Balaban J connectivity index is 1.38. The van der Waals surface area contributed by atoms with E-state index in [1.165, 1.54) is 48.1 Å². The number of fused-ring (bicyclic) bond motifs is 1. The molecule has 1 aromatic carbocycles. The zero-order valence-corrected chi connectivity index (χ0v) is 15.5. The largest absolute Gasteiger partial charge is 0.394 e. The lowest BCUT2D eigenvalue weighted by Gasteiger charge is -2.26. The minimum atomic E-state index is -0.364. The lowest BCUT2D eigenvalue weighted by molar-refractivity contribution is 0.198. The van der Waals surface area contributed by atoms with Gasteiger partial charge in [0, 0.05) is 17.4 Å². The van der Waals surface area contributed by atoms with E-state index < -0.39 is 0 Å². The van der Waals surface area contributed by atoms with Gasteiger partial charge in [-0.1, -0.05) is 24.3 Å². The molecule has 3 nitrogen and oxygen atoms in total. The van der Waals surface area contributed by atoms with Gasteiger partial charge in [-0.15, -0.1) is 0 Å². The standard InChI is InChI=1S/C23H30N2O/c24-23(16-26)11-10-21(15-23)20-8-7-18-13-17(4-6-19(18)14-20)5-9-22-3-1-2-12-25-22/h1-3,7-8,12,14,17,21,26H,4-6,9-11,13,15-16,24H2/t17-,21-,23+/m0/s1. The second kappa shape index (κ2) is 7.50. The van der Waals surface area contributed by atoms with Crippen LogP contribution in [0.25, 0.3) is 0 Å². The van der Waals surface area contributed by atoms with E-state index in [0.717, 1.165) is 31.6 Å². The topological polar surface area (TPSA) is 59.1 Å². The molecule has 26 heavy (non-hydrogen) atoms. The maximum atomic E-state index is 9.51. The van der Waals surface area contributed by atoms with E-state index in [-0.39, 0.29) is 12.1 Å². The summed E-state index contributed by atoms with van der Waals surface area (Å²) in [7, 11) is 0. The van der Waals surface area contributed by atoms with Gasteiger partial charge in [-0.2, -0.15) is 0 Å². The molecule has 0 saturated heterocycles. The summed E-state index contributed by atoms with van der Waals surface area (Å²) in [5, 5.41) is 9.51. The van der Waals surface area contributed by atoms with Gasteiger partial charge in [0.25, 0.3) is 0 Å². The van der Waals surface area contributed by atoms with Crippen LogP contribution in [0.5, 0.6) is 0 Å². The number of nitrogens with zero attached hydrogens (tertiary/aromatic N) is 1. The molecule has 4 rings (SSSR count). The highest BCUT2D eigenvalue weighted by molar-refractivity contribution is 5.36. The fraction of sp³-hybridized carbons (Fsp3) is 0.522. The first-order chi connectivity index (χ1) is 12.6. The van der Waals surface area contributed by atoms with E-state index in [0.29, 0.717) is 5.92 Å². The third-order valence-electron chi connectivity index (χ3n) is 6.53. The van der Waals surface area contributed by atoms with Crippen LogP contribution in [0.1, 0.15) is 60.4 Å². The van der Waals surface area contributed by atoms with Crippen molar-refractivity contribution >= 4 is 0 Å². The molecule has 0 spiro atoms. The second-order valence-electron chi connectivity index (χ2n) is 8.46. The molecule has 3 heteroatoms. The van der Waals surface area contributed by atoms with Crippen molar-refractivity contribution in [1.29, 1.82) is 0 Å². The number of aliphatic hydroxyl groups is 1. The van der Waals surface area contributed by atoms with Crippen molar-refractivity contribution in [2.75, 3.05) is 6.61 Å². The van der Waals surface area contributed by atoms with Crippen molar-refractivity contribution in [3.05, 3.63) is 65.0 Å². The molecule has 2 aliphatic rings. The SMILES string of the molecule is N[C@]1(CO)CC[C@H](c2ccc3c(c2)CC[C@@H](CCc2ccccn2)C3)C1. The molecule has 2 aromatic rings. The van der Waals surface area contributed by atoms with Crippen molar-refractivity contribution in [3.8, 4) is 0 Å². The maximum absolute atomic E-state index is 9.51. The normalized spacial score (nSPS) is 28.1. The Morgan fingerprint density at radius 1 is 1.15 bits per heavy atom. The number of aryl methyl sites for hydroxylation is 2. The molecule has 0 amide bonds. The summed E-state index contributed by atoms with van der Waals surface area (Å²) in [5.74, 6) is 1.28. The highest BCUT2D eigenvalue weighted by Gasteiger charge is 2.36. The monoisotopic (exact) mass is 350 g/mol. The Bertz CT molecular complexity index is 745. The summed E-state index contributed by atoms with van der Waals surface area (Å²) in [6.45, 7) is 0.104. The van der Waals surface area contributed by atoms with Crippen LogP contribution >= 0.6 is 0 Å². The predicted octanol–water partition coefficient (Wildman–Crippen LogP) is 3.78. The summed E-state index contributed by atoms with van der Waals surface area (Å²) in [6.07, 6.45) is 10.8. The molecule has 2 aliphatic carbocycles. The molecule has 1 fully saturated rings. The first kappa shape index (κ1) is 17.7.